The molecule has 1 saturated carbocycles. The van der Waals surface area contributed by atoms with E-state index in [0.29, 0.717) is 50.7 Å². The highest BCUT2D eigenvalue weighted by atomic mass is 16.5. The SMILES string of the molecule is O=C1C(c2ccccc2)=CC(=O)[C@@]2(c3ccccc3)[C@@H](c3ccccc3OCCO)C3=CC[C@@H]4C(=O)N(c5ccc(-c6nc7ccccc7o6)cc5)C(=O)[C@@H]4[C@@H]3C[C@@H]12. The van der Waals surface area contributed by atoms with Crippen LogP contribution >= 0.6 is 0 Å². The largest absolute Gasteiger partial charge is 0.491 e. The molecule has 1 aromatic heterocycles. The van der Waals surface area contributed by atoms with E-state index in [0.717, 1.165) is 11.1 Å². The number of Topliss-reactive ketones (excluding diaryl/α,β-unsaturated/α-hetero) is 1. The predicted molar refractivity (Wildman–Crippen MR) is 218 cm³/mol. The standard InChI is InChI=1S/C49H38N2O7/c52-25-26-57-40-17-9-7-15-34(40)44-33-23-24-35-43(48(56)51(47(35)55)32-21-19-30(20-22-32)46-50-39-16-8-10-18-41(39)58-46)37(33)27-38-45(54)36(29-11-3-1-4-12-29)28-42(53)49(38,44)31-13-5-2-6-14-31/h1-23,28,35,37-38,43-44,52H,24-27H2/t35-,37+,38-,43-,44+,49-/m0/s1. The lowest BCUT2D eigenvalue weighted by atomic mass is 9.44. The van der Waals surface area contributed by atoms with E-state index in [1.165, 1.54) is 11.0 Å². The summed E-state index contributed by atoms with van der Waals surface area (Å²) in [6.45, 7) is -0.194. The molecule has 0 spiro atoms. The number of hydrogen-bond acceptors (Lipinski definition) is 8. The number of ketones is 2. The lowest BCUT2D eigenvalue weighted by molar-refractivity contribution is -0.135. The summed E-state index contributed by atoms with van der Waals surface area (Å²) >= 11 is 0. The van der Waals surface area contributed by atoms with Crippen LogP contribution in [0.3, 0.4) is 0 Å². The highest BCUT2D eigenvalue weighted by Gasteiger charge is 2.66. The number of rotatable bonds is 8. The van der Waals surface area contributed by atoms with Gasteiger partial charge in [-0.15, -0.1) is 0 Å². The van der Waals surface area contributed by atoms with Crippen LogP contribution in [-0.4, -0.2) is 46.7 Å². The Morgan fingerprint density at radius 1 is 0.759 bits per heavy atom. The third-order valence-electron chi connectivity index (χ3n) is 12.6. The first-order chi connectivity index (χ1) is 28.4. The molecule has 2 fully saturated rings. The molecule has 0 bridgehead atoms. The number of aliphatic hydroxyl groups is 1. The summed E-state index contributed by atoms with van der Waals surface area (Å²) in [5.74, 6) is -3.67. The molecule has 10 rings (SSSR count). The van der Waals surface area contributed by atoms with E-state index in [2.05, 4.69) is 4.98 Å². The minimum absolute atomic E-state index is 0.0246. The number of imide groups is 1. The Kier molecular flexibility index (Phi) is 8.64. The summed E-state index contributed by atoms with van der Waals surface area (Å²) in [7, 11) is 0. The molecule has 6 aromatic rings. The quantitative estimate of drug-likeness (QED) is 0.122. The van der Waals surface area contributed by atoms with Crippen molar-refractivity contribution in [2.75, 3.05) is 18.1 Å². The summed E-state index contributed by atoms with van der Waals surface area (Å²) in [6.07, 6.45) is 4.03. The molecule has 0 radical (unpaired) electrons. The minimum atomic E-state index is -1.39. The average molecular weight is 767 g/mol. The molecule has 5 aromatic carbocycles. The number of ether oxygens (including phenoxy) is 1. The number of hydrogen-bond donors (Lipinski definition) is 1. The van der Waals surface area contributed by atoms with Crippen LogP contribution in [0.25, 0.3) is 28.1 Å². The third kappa shape index (κ3) is 5.37. The summed E-state index contributed by atoms with van der Waals surface area (Å²) in [6, 6.07) is 40.7. The Hall–Kier alpha value is -6.71. The van der Waals surface area contributed by atoms with Gasteiger partial charge in [0.25, 0.3) is 0 Å². The van der Waals surface area contributed by atoms with Crippen molar-refractivity contribution in [1.29, 1.82) is 0 Å². The van der Waals surface area contributed by atoms with Gasteiger partial charge < -0.3 is 14.3 Å². The molecule has 3 aliphatic carbocycles. The van der Waals surface area contributed by atoms with E-state index in [1.54, 1.807) is 24.3 Å². The molecule has 1 aliphatic heterocycles. The molecule has 4 aliphatic rings. The topological polar surface area (TPSA) is 127 Å². The number of para-hydroxylation sites is 3. The maximum Gasteiger partial charge on any atom is 0.238 e. The molecule has 0 unspecified atom stereocenters. The highest BCUT2D eigenvalue weighted by molar-refractivity contribution is 6.32. The summed E-state index contributed by atoms with van der Waals surface area (Å²) in [5, 5.41) is 9.80. The zero-order valence-electron chi connectivity index (χ0n) is 31.4. The number of nitrogens with zero attached hydrogens (tertiary/aromatic N) is 2. The highest BCUT2D eigenvalue weighted by Crippen LogP contribution is 2.64. The number of allylic oxidation sites excluding steroid dienone is 4. The van der Waals surface area contributed by atoms with Crippen LogP contribution in [0.15, 0.2) is 156 Å². The van der Waals surface area contributed by atoms with Gasteiger partial charge in [-0.1, -0.05) is 103 Å². The van der Waals surface area contributed by atoms with Gasteiger partial charge in [0, 0.05) is 28.5 Å². The monoisotopic (exact) mass is 766 g/mol. The lowest BCUT2D eigenvalue weighted by Gasteiger charge is -2.55. The number of aromatic nitrogens is 1. The number of amides is 2. The number of carbonyl (C=O) groups excluding carboxylic acids is 4. The Bertz CT molecular complexity index is 2650. The number of anilines is 1. The van der Waals surface area contributed by atoms with Crippen LogP contribution in [0.4, 0.5) is 5.69 Å². The molecule has 1 saturated heterocycles. The van der Waals surface area contributed by atoms with Crippen molar-refractivity contribution in [3.05, 3.63) is 168 Å². The molecule has 58 heavy (non-hydrogen) atoms. The van der Waals surface area contributed by atoms with Crippen molar-refractivity contribution in [1.82, 2.24) is 4.98 Å². The summed E-state index contributed by atoms with van der Waals surface area (Å²) in [5.41, 5.74) is 4.34. The summed E-state index contributed by atoms with van der Waals surface area (Å²) in [4.78, 5) is 65.8. The molecule has 6 atom stereocenters. The van der Waals surface area contributed by atoms with Gasteiger partial charge in [0.2, 0.25) is 17.7 Å². The fourth-order valence-corrected chi connectivity index (χ4v) is 10.2. The van der Waals surface area contributed by atoms with E-state index in [9.17, 15) is 14.7 Å². The molecule has 9 nitrogen and oxygen atoms in total. The molecule has 1 N–H and O–H groups in total. The number of oxazole rings is 1. The minimum Gasteiger partial charge on any atom is -0.491 e. The Balaban J connectivity index is 1.11. The van der Waals surface area contributed by atoms with Gasteiger partial charge in [-0.25, -0.2) is 4.98 Å². The van der Waals surface area contributed by atoms with E-state index in [4.69, 9.17) is 9.15 Å². The Labute approximate surface area is 334 Å². The van der Waals surface area contributed by atoms with E-state index >= 15 is 9.59 Å². The van der Waals surface area contributed by atoms with Gasteiger partial charge >= 0.3 is 0 Å². The maximum atomic E-state index is 15.3. The Morgan fingerprint density at radius 2 is 1.47 bits per heavy atom. The first-order valence-corrected chi connectivity index (χ1v) is 19.7. The second-order valence-electron chi connectivity index (χ2n) is 15.4. The fourth-order valence-electron chi connectivity index (χ4n) is 10.2. The van der Waals surface area contributed by atoms with Crippen LogP contribution in [0, 0.1) is 23.7 Å². The average Bonchev–Trinajstić information content (AvgIpc) is 3.82. The van der Waals surface area contributed by atoms with Crippen molar-refractivity contribution in [2.45, 2.75) is 24.2 Å². The number of fused-ring (bicyclic) bond motifs is 5. The van der Waals surface area contributed by atoms with Crippen LogP contribution in [0.2, 0.25) is 0 Å². The molecular weight excluding hydrogens is 729 g/mol. The zero-order chi connectivity index (χ0) is 39.5. The van der Waals surface area contributed by atoms with E-state index in [-0.39, 0.29) is 49.4 Å². The normalized spacial score (nSPS) is 25.2. The first kappa shape index (κ1) is 35.7. The molecule has 9 heteroatoms. The van der Waals surface area contributed by atoms with Gasteiger partial charge in [0.1, 0.15) is 17.9 Å². The van der Waals surface area contributed by atoms with Gasteiger partial charge in [-0.3, -0.25) is 24.1 Å². The smallest absolute Gasteiger partial charge is 0.238 e. The number of carbonyl (C=O) groups is 4. The van der Waals surface area contributed by atoms with Crippen molar-refractivity contribution >= 4 is 45.7 Å². The predicted octanol–water partition coefficient (Wildman–Crippen LogP) is 7.89. The second-order valence-corrected chi connectivity index (χ2v) is 15.4. The van der Waals surface area contributed by atoms with Gasteiger partial charge in [0.15, 0.2) is 17.1 Å². The van der Waals surface area contributed by atoms with Crippen LogP contribution in [0.5, 0.6) is 5.75 Å². The van der Waals surface area contributed by atoms with E-state index < -0.39 is 35.0 Å². The van der Waals surface area contributed by atoms with Crippen LogP contribution in [0.1, 0.15) is 35.4 Å². The van der Waals surface area contributed by atoms with Crippen molar-refractivity contribution in [2.24, 2.45) is 23.7 Å². The number of aliphatic hydroxyl groups excluding tert-OH is 1. The maximum absolute atomic E-state index is 15.3. The van der Waals surface area contributed by atoms with Gasteiger partial charge in [0.05, 0.1) is 29.5 Å². The second kappa shape index (κ2) is 14.0. The van der Waals surface area contributed by atoms with Crippen molar-refractivity contribution < 1.29 is 33.4 Å². The van der Waals surface area contributed by atoms with Crippen LogP contribution < -0.4 is 9.64 Å². The van der Waals surface area contributed by atoms with Gasteiger partial charge in [-0.05, 0) is 78.4 Å². The van der Waals surface area contributed by atoms with Crippen molar-refractivity contribution in [3.8, 4) is 17.2 Å². The van der Waals surface area contributed by atoms with Crippen LogP contribution in [-0.2, 0) is 24.6 Å². The molecule has 286 valence electrons. The fraction of sp³-hybridized carbons (Fsp3) is 0.204. The van der Waals surface area contributed by atoms with Crippen molar-refractivity contribution in [3.63, 3.8) is 0 Å². The van der Waals surface area contributed by atoms with E-state index in [1.807, 2.05) is 115 Å². The zero-order valence-corrected chi connectivity index (χ0v) is 31.4. The molecule has 2 amide bonds. The summed E-state index contributed by atoms with van der Waals surface area (Å²) < 4.78 is 12.1. The lowest BCUT2D eigenvalue weighted by Crippen LogP contribution is -2.58. The molecular formula is C49H38N2O7. The third-order valence-corrected chi connectivity index (χ3v) is 12.6. The first-order valence-electron chi connectivity index (χ1n) is 19.7. The van der Waals surface area contributed by atoms with Gasteiger partial charge in [-0.2, -0.15) is 0 Å². The number of benzene rings is 5. The molecule has 2 heterocycles. The Morgan fingerprint density at radius 3 is 2.22 bits per heavy atom.